The maximum Gasteiger partial charge on any atom is 0.238 e. The normalized spacial score (nSPS) is 23.1. The third-order valence-corrected chi connectivity index (χ3v) is 5.12. The molecule has 2 saturated heterocycles. The van der Waals surface area contributed by atoms with Gasteiger partial charge in [0.2, 0.25) is 5.91 Å². The smallest absolute Gasteiger partial charge is 0.238 e. The van der Waals surface area contributed by atoms with Gasteiger partial charge in [0, 0.05) is 11.7 Å². The summed E-state index contributed by atoms with van der Waals surface area (Å²) < 4.78 is 13.5. The summed E-state index contributed by atoms with van der Waals surface area (Å²) in [4.78, 5) is 14.3. The fourth-order valence-electron chi connectivity index (χ4n) is 3.70. The SMILES string of the molecule is Cc1ccc(NC(=O)CN2CCC(C3CCCN3)CC2)cc1F. The highest BCUT2D eigenvalue weighted by atomic mass is 19.1. The average molecular weight is 319 g/mol. The number of piperidine rings is 1. The molecule has 0 spiro atoms. The minimum atomic E-state index is -0.285. The van der Waals surface area contributed by atoms with E-state index in [1.807, 2.05) is 0 Å². The van der Waals surface area contributed by atoms with Crippen LogP contribution in [-0.4, -0.2) is 43.0 Å². The minimum absolute atomic E-state index is 0.0642. The zero-order valence-corrected chi connectivity index (χ0v) is 13.8. The number of rotatable bonds is 4. The number of nitrogens with one attached hydrogen (secondary N) is 2. The molecule has 0 aliphatic carbocycles. The lowest BCUT2D eigenvalue weighted by Gasteiger charge is -2.34. The number of hydrogen-bond donors (Lipinski definition) is 2. The Balaban J connectivity index is 1.44. The third kappa shape index (κ3) is 4.30. The second-order valence-electron chi connectivity index (χ2n) is 6.83. The van der Waals surface area contributed by atoms with Gasteiger partial charge in [0.25, 0.3) is 0 Å². The first-order valence-corrected chi connectivity index (χ1v) is 8.63. The van der Waals surface area contributed by atoms with Gasteiger partial charge in [-0.05, 0) is 75.9 Å². The molecular formula is C18H26FN3O. The fourth-order valence-corrected chi connectivity index (χ4v) is 3.70. The van der Waals surface area contributed by atoms with Crippen molar-refractivity contribution in [1.29, 1.82) is 0 Å². The van der Waals surface area contributed by atoms with Crippen LogP contribution in [0.15, 0.2) is 18.2 Å². The summed E-state index contributed by atoms with van der Waals surface area (Å²) in [6.07, 6.45) is 4.90. The summed E-state index contributed by atoms with van der Waals surface area (Å²) >= 11 is 0. The molecule has 2 heterocycles. The van der Waals surface area contributed by atoms with E-state index in [1.165, 1.54) is 18.9 Å². The molecule has 1 aromatic rings. The van der Waals surface area contributed by atoms with Crippen LogP contribution < -0.4 is 10.6 Å². The lowest BCUT2D eigenvalue weighted by molar-refractivity contribution is -0.117. The molecule has 1 aromatic carbocycles. The highest BCUT2D eigenvalue weighted by Gasteiger charge is 2.28. The molecular weight excluding hydrogens is 293 g/mol. The molecule has 1 unspecified atom stereocenters. The second kappa shape index (κ2) is 7.41. The molecule has 0 radical (unpaired) electrons. The van der Waals surface area contributed by atoms with Gasteiger partial charge in [0.15, 0.2) is 0 Å². The first-order valence-electron chi connectivity index (χ1n) is 8.63. The summed E-state index contributed by atoms with van der Waals surface area (Å²) in [6.45, 7) is 5.20. The van der Waals surface area contributed by atoms with Gasteiger partial charge in [-0.3, -0.25) is 9.69 Å². The summed E-state index contributed by atoms with van der Waals surface area (Å²) in [5.74, 6) is 0.404. The van der Waals surface area contributed by atoms with E-state index in [-0.39, 0.29) is 11.7 Å². The van der Waals surface area contributed by atoms with E-state index in [1.54, 1.807) is 19.1 Å². The molecule has 0 bridgehead atoms. The molecule has 2 aliphatic heterocycles. The maximum absolute atomic E-state index is 13.5. The topological polar surface area (TPSA) is 44.4 Å². The van der Waals surface area contributed by atoms with E-state index in [9.17, 15) is 9.18 Å². The van der Waals surface area contributed by atoms with Crippen molar-refractivity contribution in [2.45, 2.75) is 38.6 Å². The lowest BCUT2D eigenvalue weighted by Crippen LogP contribution is -2.43. The first-order chi connectivity index (χ1) is 11.1. The fraction of sp³-hybridized carbons (Fsp3) is 0.611. The lowest BCUT2D eigenvalue weighted by atomic mass is 9.88. The Morgan fingerprint density at radius 1 is 1.35 bits per heavy atom. The van der Waals surface area contributed by atoms with Gasteiger partial charge in [-0.2, -0.15) is 0 Å². The average Bonchev–Trinajstić information content (AvgIpc) is 3.06. The van der Waals surface area contributed by atoms with Crippen molar-refractivity contribution in [3.63, 3.8) is 0 Å². The number of halogens is 1. The van der Waals surface area contributed by atoms with Crippen molar-refractivity contribution in [3.05, 3.63) is 29.6 Å². The molecule has 3 rings (SSSR count). The van der Waals surface area contributed by atoms with E-state index in [0.717, 1.165) is 38.4 Å². The largest absolute Gasteiger partial charge is 0.325 e. The van der Waals surface area contributed by atoms with E-state index >= 15 is 0 Å². The third-order valence-electron chi connectivity index (χ3n) is 5.12. The molecule has 4 nitrogen and oxygen atoms in total. The molecule has 5 heteroatoms. The molecule has 2 N–H and O–H groups in total. The van der Waals surface area contributed by atoms with Crippen LogP contribution in [0.25, 0.3) is 0 Å². The van der Waals surface area contributed by atoms with Crippen LogP contribution in [-0.2, 0) is 4.79 Å². The maximum atomic E-state index is 13.5. The summed E-state index contributed by atoms with van der Waals surface area (Å²) in [5.41, 5.74) is 1.12. The van der Waals surface area contributed by atoms with Crippen LogP contribution in [0.2, 0.25) is 0 Å². The number of carbonyl (C=O) groups excluding carboxylic acids is 1. The zero-order valence-electron chi connectivity index (χ0n) is 13.8. The number of carbonyl (C=O) groups is 1. The molecule has 0 aromatic heterocycles. The van der Waals surface area contributed by atoms with Gasteiger partial charge < -0.3 is 10.6 Å². The van der Waals surface area contributed by atoms with Crippen molar-refractivity contribution >= 4 is 11.6 Å². The van der Waals surface area contributed by atoms with Crippen molar-refractivity contribution in [2.75, 3.05) is 31.5 Å². The summed E-state index contributed by atoms with van der Waals surface area (Å²) in [5, 5.41) is 6.38. The van der Waals surface area contributed by atoms with Crippen LogP contribution in [0.1, 0.15) is 31.2 Å². The molecule has 0 saturated carbocycles. The van der Waals surface area contributed by atoms with Gasteiger partial charge >= 0.3 is 0 Å². The molecule has 23 heavy (non-hydrogen) atoms. The molecule has 1 amide bonds. The van der Waals surface area contributed by atoms with Crippen LogP contribution in [0.3, 0.4) is 0 Å². The van der Waals surface area contributed by atoms with E-state index in [4.69, 9.17) is 0 Å². The van der Waals surface area contributed by atoms with Gasteiger partial charge in [-0.15, -0.1) is 0 Å². The van der Waals surface area contributed by atoms with E-state index in [2.05, 4.69) is 15.5 Å². The van der Waals surface area contributed by atoms with Gasteiger partial charge in [0.1, 0.15) is 5.82 Å². The van der Waals surface area contributed by atoms with Crippen LogP contribution in [0.5, 0.6) is 0 Å². The predicted molar refractivity (Wildman–Crippen MR) is 90.0 cm³/mol. The zero-order chi connectivity index (χ0) is 16.2. The van der Waals surface area contributed by atoms with Gasteiger partial charge in [-0.25, -0.2) is 4.39 Å². The van der Waals surface area contributed by atoms with Crippen molar-refractivity contribution in [2.24, 2.45) is 5.92 Å². The van der Waals surface area contributed by atoms with Crippen molar-refractivity contribution in [1.82, 2.24) is 10.2 Å². The first kappa shape index (κ1) is 16.4. The van der Waals surface area contributed by atoms with Crippen LogP contribution >= 0.6 is 0 Å². The second-order valence-corrected chi connectivity index (χ2v) is 6.83. The highest BCUT2D eigenvalue weighted by Crippen LogP contribution is 2.25. The number of aryl methyl sites for hydroxylation is 1. The van der Waals surface area contributed by atoms with Crippen LogP contribution in [0, 0.1) is 18.7 Å². The Hall–Kier alpha value is -1.46. The van der Waals surface area contributed by atoms with E-state index in [0.29, 0.717) is 23.8 Å². The Kier molecular flexibility index (Phi) is 5.28. The molecule has 1 atom stereocenters. The Bertz CT molecular complexity index is 549. The highest BCUT2D eigenvalue weighted by molar-refractivity contribution is 5.92. The van der Waals surface area contributed by atoms with E-state index < -0.39 is 0 Å². The molecule has 2 aliphatic rings. The Morgan fingerprint density at radius 3 is 2.78 bits per heavy atom. The quantitative estimate of drug-likeness (QED) is 0.896. The number of likely N-dealkylation sites (tertiary alicyclic amines) is 1. The molecule has 2 fully saturated rings. The summed E-state index contributed by atoms with van der Waals surface area (Å²) in [7, 11) is 0. The Morgan fingerprint density at radius 2 is 2.13 bits per heavy atom. The van der Waals surface area contributed by atoms with Gasteiger partial charge in [-0.1, -0.05) is 6.07 Å². The molecule has 126 valence electrons. The number of amides is 1. The van der Waals surface area contributed by atoms with Crippen LogP contribution in [0.4, 0.5) is 10.1 Å². The summed E-state index contributed by atoms with van der Waals surface area (Å²) in [6, 6.07) is 5.49. The predicted octanol–water partition coefficient (Wildman–Crippen LogP) is 2.54. The number of nitrogens with zero attached hydrogens (tertiary/aromatic N) is 1. The monoisotopic (exact) mass is 319 g/mol. The number of anilines is 1. The standard InChI is InChI=1S/C18H26FN3O/c1-13-4-5-15(11-16(13)19)21-18(23)12-22-9-6-14(7-10-22)17-3-2-8-20-17/h4-5,11,14,17,20H,2-3,6-10,12H2,1H3,(H,21,23). The Labute approximate surface area is 137 Å². The van der Waals surface area contributed by atoms with Crippen molar-refractivity contribution in [3.8, 4) is 0 Å². The van der Waals surface area contributed by atoms with Gasteiger partial charge in [0.05, 0.1) is 6.54 Å². The minimum Gasteiger partial charge on any atom is -0.325 e. The van der Waals surface area contributed by atoms with Crippen molar-refractivity contribution < 1.29 is 9.18 Å². The number of hydrogen-bond acceptors (Lipinski definition) is 3. The number of benzene rings is 1.